The summed E-state index contributed by atoms with van der Waals surface area (Å²) in [7, 11) is 0. The molecule has 1 aromatic rings. The van der Waals surface area contributed by atoms with Gasteiger partial charge in [-0.1, -0.05) is 43.7 Å². The Morgan fingerprint density at radius 3 is 2.62 bits per heavy atom. The molecule has 2 heteroatoms. The molecule has 0 aromatic heterocycles. The summed E-state index contributed by atoms with van der Waals surface area (Å²) in [6.07, 6.45) is 5.84. The Kier molecular flexibility index (Phi) is 7.35. The van der Waals surface area contributed by atoms with Gasteiger partial charge in [-0.3, -0.25) is 0 Å². The Labute approximate surface area is 104 Å². The van der Waals surface area contributed by atoms with Crippen molar-refractivity contribution >= 4 is 11.8 Å². The van der Waals surface area contributed by atoms with Crippen LogP contribution in [0.4, 0.5) is 0 Å². The summed E-state index contributed by atoms with van der Waals surface area (Å²) in [6.45, 7) is 3.38. The summed E-state index contributed by atoms with van der Waals surface area (Å²) in [4.78, 5) is 0. The zero-order chi connectivity index (χ0) is 11.6. The number of nitrogens with one attached hydrogen (secondary N) is 1. The van der Waals surface area contributed by atoms with Crippen molar-refractivity contribution in [2.75, 3.05) is 18.6 Å². The second-order valence-corrected chi connectivity index (χ2v) is 5.11. The zero-order valence-electron chi connectivity index (χ0n) is 10.4. The molecule has 0 aliphatic heterocycles. The number of benzene rings is 1. The van der Waals surface area contributed by atoms with Crippen molar-refractivity contribution in [1.29, 1.82) is 0 Å². The van der Waals surface area contributed by atoms with Crippen LogP contribution in [0.2, 0.25) is 0 Å². The molecule has 90 valence electrons. The standard InChI is InChI=1S/C14H23NS/c1-3-7-14(15-10-11-16-2)12-13-8-5-4-6-9-13/h4-6,8-9,14-15H,3,7,10-12H2,1-2H3. The third-order valence-electron chi connectivity index (χ3n) is 2.70. The smallest absolute Gasteiger partial charge is 0.0108 e. The average Bonchev–Trinajstić information content (AvgIpc) is 2.31. The van der Waals surface area contributed by atoms with E-state index in [0.29, 0.717) is 6.04 Å². The van der Waals surface area contributed by atoms with E-state index in [1.807, 2.05) is 11.8 Å². The van der Waals surface area contributed by atoms with Crippen LogP contribution in [0.1, 0.15) is 25.3 Å². The highest BCUT2D eigenvalue weighted by atomic mass is 32.2. The summed E-state index contributed by atoms with van der Waals surface area (Å²) in [5.74, 6) is 1.20. The van der Waals surface area contributed by atoms with E-state index in [2.05, 4.69) is 48.8 Å². The van der Waals surface area contributed by atoms with Crippen LogP contribution >= 0.6 is 11.8 Å². The van der Waals surface area contributed by atoms with Gasteiger partial charge < -0.3 is 5.32 Å². The lowest BCUT2D eigenvalue weighted by Crippen LogP contribution is -2.32. The molecule has 0 amide bonds. The highest BCUT2D eigenvalue weighted by Crippen LogP contribution is 2.07. The molecule has 1 atom stereocenters. The van der Waals surface area contributed by atoms with Gasteiger partial charge in [-0.05, 0) is 24.7 Å². The SMILES string of the molecule is CCCC(Cc1ccccc1)NCCSC. The largest absolute Gasteiger partial charge is 0.313 e. The Balaban J connectivity index is 2.38. The lowest BCUT2D eigenvalue weighted by molar-refractivity contribution is 0.487. The molecule has 16 heavy (non-hydrogen) atoms. The van der Waals surface area contributed by atoms with Gasteiger partial charge in [0.1, 0.15) is 0 Å². The lowest BCUT2D eigenvalue weighted by atomic mass is 10.0. The van der Waals surface area contributed by atoms with Crippen LogP contribution in [0.5, 0.6) is 0 Å². The quantitative estimate of drug-likeness (QED) is 0.696. The van der Waals surface area contributed by atoms with Crippen LogP contribution in [0.25, 0.3) is 0 Å². The average molecular weight is 237 g/mol. The normalized spacial score (nSPS) is 12.6. The van der Waals surface area contributed by atoms with Crippen molar-refractivity contribution in [3.05, 3.63) is 35.9 Å². The Morgan fingerprint density at radius 2 is 2.00 bits per heavy atom. The van der Waals surface area contributed by atoms with Crippen LogP contribution in [0, 0.1) is 0 Å². The van der Waals surface area contributed by atoms with E-state index in [4.69, 9.17) is 0 Å². The topological polar surface area (TPSA) is 12.0 Å². The summed E-state index contributed by atoms with van der Waals surface area (Å²) >= 11 is 1.91. The first-order chi connectivity index (χ1) is 7.86. The van der Waals surface area contributed by atoms with Gasteiger partial charge >= 0.3 is 0 Å². The number of hydrogen-bond acceptors (Lipinski definition) is 2. The first-order valence-corrected chi connectivity index (χ1v) is 7.52. The van der Waals surface area contributed by atoms with Gasteiger partial charge in [0.2, 0.25) is 0 Å². The maximum absolute atomic E-state index is 3.65. The number of rotatable bonds is 8. The van der Waals surface area contributed by atoms with E-state index in [1.54, 1.807) is 0 Å². The van der Waals surface area contributed by atoms with Crippen molar-refractivity contribution in [3.8, 4) is 0 Å². The Morgan fingerprint density at radius 1 is 1.25 bits per heavy atom. The summed E-state index contributed by atoms with van der Waals surface area (Å²) in [5.41, 5.74) is 1.44. The summed E-state index contributed by atoms with van der Waals surface area (Å²) in [5, 5.41) is 3.65. The Hall–Kier alpha value is -0.470. The molecule has 0 aliphatic carbocycles. The predicted octanol–water partition coefficient (Wildman–Crippen LogP) is 3.35. The van der Waals surface area contributed by atoms with E-state index in [1.165, 1.54) is 24.2 Å². The second-order valence-electron chi connectivity index (χ2n) is 4.12. The molecule has 0 saturated heterocycles. The minimum absolute atomic E-state index is 0.638. The molecule has 1 aromatic carbocycles. The molecule has 0 aliphatic rings. The van der Waals surface area contributed by atoms with Crippen LogP contribution in [-0.2, 0) is 6.42 Å². The van der Waals surface area contributed by atoms with Gasteiger partial charge in [-0.2, -0.15) is 11.8 Å². The maximum atomic E-state index is 3.65. The molecule has 1 nitrogen and oxygen atoms in total. The maximum Gasteiger partial charge on any atom is 0.0108 e. The van der Waals surface area contributed by atoms with Gasteiger partial charge in [-0.25, -0.2) is 0 Å². The lowest BCUT2D eigenvalue weighted by Gasteiger charge is -2.18. The molecule has 0 spiro atoms. The van der Waals surface area contributed by atoms with Gasteiger partial charge in [0.25, 0.3) is 0 Å². The molecular formula is C14H23NS. The highest BCUT2D eigenvalue weighted by molar-refractivity contribution is 7.98. The molecular weight excluding hydrogens is 214 g/mol. The molecule has 1 unspecified atom stereocenters. The second kappa shape index (κ2) is 8.66. The third kappa shape index (κ3) is 5.57. The Bertz CT molecular complexity index is 261. The molecule has 1 rings (SSSR count). The molecule has 0 heterocycles. The van der Waals surface area contributed by atoms with Gasteiger partial charge in [0.15, 0.2) is 0 Å². The molecule has 0 bridgehead atoms. The predicted molar refractivity (Wildman–Crippen MR) is 75.2 cm³/mol. The minimum Gasteiger partial charge on any atom is -0.313 e. The fraction of sp³-hybridized carbons (Fsp3) is 0.571. The van der Waals surface area contributed by atoms with E-state index < -0.39 is 0 Å². The monoisotopic (exact) mass is 237 g/mol. The van der Waals surface area contributed by atoms with E-state index >= 15 is 0 Å². The molecule has 0 radical (unpaired) electrons. The van der Waals surface area contributed by atoms with E-state index in [-0.39, 0.29) is 0 Å². The minimum atomic E-state index is 0.638. The fourth-order valence-electron chi connectivity index (χ4n) is 1.89. The van der Waals surface area contributed by atoms with Crippen LogP contribution in [0.15, 0.2) is 30.3 Å². The fourth-order valence-corrected chi connectivity index (χ4v) is 2.21. The van der Waals surface area contributed by atoms with Gasteiger partial charge in [0, 0.05) is 18.3 Å². The van der Waals surface area contributed by atoms with Gasteiger partial charge in [0.05, 0.1) is 0 Å². The zero-order valence-corrected chi connectivity index (χ0v) is 11.2. The van der Waals surface area contributed by atoms with Crippen LogP contribution in [-0.4, -0.2) is 24.6 Å². The summed E-state index contributed by atoms with van der Waals surface area (Å²) in [6, 6.07) is 11.4. The molecule has 0 saturated carbocycles. The van der Waals surface area contributed by atoms with Crippen molar-refractivity contribution < 1.29 is 0 Å². The van der Waals surface area contributed by atoms with Crippen molar-refractivity contribution in [1.82, 2.24) is 5.32 Å². The van der Waals surface area contributed by atoms with Crippen molar-refractivity contribution in [2.24, 2.45) is 0 Å². The first kappa shape index (κ1) is 13.6. The highest BCUT2D eigenvalue weighted by Gasteiger charge is 2.07. The van der Waals surface area contributed by atoms with Crippen LogP contribution < -0.4 is 5.32 Å². The molecule has 0 fully saturated rings. The van der Waals surface area contributed by atoms with Crippen molar-refractivity contribution in [3.63, 3.8) is 0 Å². The van der Waals surface area contributed by atoms with E-state index in [0.717, 1.165) is 13.0 Å². The number of hydrogen-bond donors (Lipinski definition) is 1. The number of thioether (sulfide) groups is 1. The van der Waals surface area contributed by atoms with Gasteiger partial charge in [-0.15, -0.1) is 0 Å². The summed E-state index contributed by atoms with van der Waals surface area (Å²) < 4.78 is 0. The third-order valence-corrected chi connectivity index (χ3v) is 3.31. The van der Waals surface area contributed by atoms with Crippen LogP contribution in [0.3, 0.4) is 0 Å². The molecule has 1 N–H and O–H groups in total. The first-order valence-electron chi connectivity index (χ1n) is 6.13. The van der Waals surface area contributed by atoms with E-state index in [9.17, 15) is 0 Å². The van der Waals surface area contributed by atoms with Crippen molar-refractivity contribution in [2.45, 2.75) is 32.2 Å².